The first-order valence-electron chi connectivity index (χ1n) is 10.2. The van der Waals surface area contributed by atoms with E-state index in [1.54, 1.807) is 39.7 Å². The normalized spacial score (nSPS) is 13.4. The number of allylic oxidation sites excluding steroid dienone is 1. The van der Waals surface area contributed by atoms with Gasteiger partial charge < -0.3 is 25.3 Å². The lowest BCUT2D eigenvalue weighted by molar-refractivity contribution is -0.110. The number of hydrogen-bond acceptors (Lipinski definition) is 6. The molecular weight excluding hydrogens is 422 g/mol. The summed E-state index contributed by atoms with van der Waals surface area (Å²) in [5, 5.41) is 2.80. The zero-order valence-corrected chi connectivity index (χ0v) is 18.5. The van der Waals surface area contributed by atoms with Gasteiger partial charge in [0.2, 0.25) is 11.7 Å². The van der Waals surface area contributed by atoms with Crippen LogP contribution in [0.15, 0.2) is 54.7 Å². The van der Waals surface area contributed by atoms with Gasteiger partial charge in [0.1, 0.15) is 5.82 Å². The van der Waals surface area contributed by atoms with Gasteiger partial charge >= 0.3 is 0 Å². The Labute approximate surface area is 191 Å². The van der Waals surface area contributed by atoms with Crippen LogP contribution in [0.2, 0.25) is 0 Å². The number of methoxy groups -OCH3 is 3. The van der Waals surface area contributed by atoms with Crippen LogP contribution in [0.1, 0.15) is 21.5 Å². The fourth-order valence-corrected chi connectivity index (χ4v) is 3.70. The van der Waals surface area contributed by atoms with Crippen LogP contribution in [-0.2, 0) is 11.2 Å². The second kappa shape index (κ2) is 9.04. The van der Waals surface area contributed by atoms with E-state index in [1.807, 2.05) is 36.4 Å². The number of benzene rings is 2. The molecule has 1 aliphatic rings. The smallest absolute Gasteiger partial charge is 0.257 e. The number of pyridine rings is 1. The summed E-state index contributed by atoms with van der Waals surface area (Å²) in [5.74, 6) is 1.36. The summed E-state index contributed by atoms with van der Waals surface area (Å²) in [4.78, 5) is 28.3. The highest BCUT2D eigenvalue weighted by molar-refractivity contribution is 6.31. The SMILES string of the molecule is COc1cc(-c2cnc3c(c2)/C(=C/Cc2ccc(C(N)=O)cc2)C(=O)N3)cc(OC)c1OC. The number of aromatic nitrogens is 1. The van der Waals surface area contributed by atoms with E-state index in [1.165, 1.54) is 0 Å². The molecule has 0 spiro atoms. The lowest BCUT2D eigenvalue weighted by Crippen LogP contribution is -2.10. The van der Waals surface area contributed by atoms with Crippen LogP contribution in [0.25, 0.3) is 16.7 Å². The molecule has 3 aromatic rings. The first-order valence-corrected chi connectivity index (χ1v) is 10.2. The van der Waals surface area contributed by atoms with Crippen molar-refractivity contribution in [3.63, 3.8) is 0 Å². The number of primary amides is 1. The number of rotatable bonds is 7. The third-order valence-corrected chi connectivity index (χ3v) is 5.43. The van der Waals surface area contributed by atoms with Gasteiger partial charge in [0, 0.05) is 28.5 Å². The van der Waals surface area contributed by atoms with Gasteiger partial charge in [0.25, 0.3) is 5.91 Å². The Morgan fingerprint density at radius 2 is 1.67 bits per heavy atom. The van der Waals surface area contributed by atoms with Crippen LogP contribution in [0, 0.1) is 0 Å². The monoisotopic (exact) mass is 445 g/mol. The summed E-state index contributed by atoms with van der Waals surface area (Å²) in [7, 11) is 4.66. The van der Waals surface area contributed by atoms with Crippen molar-refractivity contribution in [3.8, 4) is 28.4 Å². The molecule has 0 fully saturated rings. The minimum atomic E-state index is -0.477. The van der Waals surface area contributed by atoms with E-state index < -0.39 is 5.91 Å². The first kappa shape index (κ1) is 21.9. The first-order chi connectivity index (χ1) is 15.9. The number of carbonyl (C=O) groups excluding carboxylic acids is 2. The molecule has 0 saturated heterocycles. The minimum absolute atomic E-state index is 0.215. The Hall–Kier alpha value is -4.33. The van der Waals surface area contributed by atoms with Crippen molar-refractivity contribution in [1.82, 2.24) is 4.98 Å². The van der Waals surface area contributed by atoms with Crippen molar-refractivity contribution in [2.75, 3.05) is 26.6 Å². The molecule has 3 N–H and O–H groups in total. The Morgan fingerprint density at radius 1 is 1.00 bits per heavy atom. The van der Waals surface area contributed by atoms with E-state index in [2.05, 4.69) is 10.3 Å². The number of anilines is 1. The third-order valence-electron chi connectivity index (χ3n) is 5.43. The maximum absolute atomic E-state index is 12.6. The Morgan fingerprint density at radius 3 is 2.24 bits per heavy atom. The topological polar surface area (TPSA) is 113 Å². The summed E-state index contributed by atoms with van der Waals surface area (Å²) in [6.07, 6.45) is 4.04. The summed E-state index contributed by atoms with van der Waals surface area (Å²) < 4.78 is 16.3. The molecule has 8 nitrogen and oxygen atoms in total. The van der Waals surface area contributed by atoms with Crippen LogP contribution in [0.5, 0.6) is 17.2 Å². The Balaban J connectivity index is 1.69. The maximum atomic E-state index is 12.6. The molecule has 2 aromatic carbocycles. The van der Waals surface area contributed by atoms with Crippen LogP contribution < -0.4 is 25.3 Å². The Bertz CT molecular complexity index is 1240. The fourth-order valence-electron chi connectivity index (χ4n) is 3.70. The van der Waals surface area contributed by atoms with Gasteiger partial charge in [-0.3, -0.25) is 9.59 Å². The van der Waals surface area contributed by atoms with Crippen molar-refractivity contribution in [2.24, 2.45) is 5.73 Å². The Kier molecular flexibility index (Phi) is 5.99. The van der Waals surface area contributed by atoms with E-state index >= 15 is 0 Å². The van der Waals surface area contributed by atoms with Crippen LogP contribution in [0.4, 0.5) is 5.82 Å². The summed E-state index contributed by atoms with van der Waals surface area (Å²) >= 11 is 0. The van der Waals surface area contributed by atoms with Gasteiger partial charge in [0.05, 0.1) is 21.3 Å². The molecule has 0 unspecified atom stereocenters. The molecule has 2 amide bonds. The molecular formula is C25H23N3O5. The molecule has 1 aliphatic heterocycles. The molecule has 0 atom stereocenters. The van der Waals surface area contributed by atoms with E-state index in [-0.39, 0.29) is 5.91 Å². The van der Waals surface area contributed by atoms with Gasteiger partial charge in [-0.05, 0) is 47.9 Å². The second-order valence-corrected chi connectivity index (χ2v) is 7.37. The average Bonchev–Trinajstić information content (AvgIpc) is 3.15. The number of nitrogens with two attached hydrogens (primary N) is 1. The number of ether oxygens (including phenoxy) is 3. The summed E-state index contributed by atoms with van der Waals surface area (Å²) in [5.41, 5.74) is 9.52. The van der Waals surface area contributed by atoms with Crippen LogP contribution in [-0.4, -0.2) is 38.1 Å². The van der Waals surface area contributed by atoms with E-state index in [9.17, 15) is 9.59 Å². The van der Waals surface area contributed by atoms with E-state index in [0.29, 0.717) is 46.2 Å². The van der Waals surface area contributed by atoms with E-state index in [0.717, 1.165) is 16.7 Å². The molecule has 0 aliphatic carbocycles. The highest BCUT2D eigenvalue weighted by Crippen LogP contribution is 2.42. The van der Waals surface area contributed by atoms with Crippen LogP contribution in [0.3, 0.4) is 0 Å². The lowest BCUT2D eigenvalue weighted by Gasteiger charge is -2.14. The van der Waals surface area contributed by atoms with Gasteiger partial charge in [-0.25, -0.2) is 4.98 Å². The van der Waals surface area contributed by atoms with E-state index in [4.69, 9.17) is 19.9 Å². The zero-order chi connectivity index (χ0) is 23.5. The fraction of sp³-hybridized carbons (Fsp3) is 0.160. The lowest BCUT2D eigenvalue weighted by atomic mass is 10.00. The standard InChI is InChI=1S/C25H23N3O5/c1-31-20-11-16(12-21(32-2)22(20)33-3)17-10-19-18(25(30)28-24(19)27-13-17)9-6-14-4-7-15(8-5-14)23(26)29/h4-5,7-13H,6H2,1-3H3,(H2,26,29)(H,27,28,30)/b18-9-. The number of fused-ring (bicyclic) bond motifs is 1. The summed E-state index contributed by atoms with van der Waals surface area (Å²) in [6.45, 7) is 0. The van der Waals surface area contributed by atoms with Crippen molar-refractivity contribution in [1.29, 1.82) is 0 Å². The quantitative estimate of drug-likeness (QED) is 0.539. The zero-order valence-electron chi connectivity index (χ0n) is 18.5. The number of carbonyl (C=O) groups is 2. The van der Waals surface area contributed by atoms with Crippen molar-refractivity contribution in [3.05, 3.63) is 71.4 Å². The van der Waals surface area contributed by atoms with Crippen molar-refractivity contribution >= 4 is 23.2 Å². The molecule has 0 bridgehead atoms. The highest BCUT2D eigenvalue weighted by Gasteiger charge is 2.26. The van der Waals surface area contributed by atoms with Gasteiger partial charge in [-0.2, -0.15) is 0 Å². The number of hydrogen-bond donors (Lipinski definition) is 2. The highest BCUT2D eigenvalue weighted by atomic mass is 16.5. The number of nitrogens with one attached hydrogen (secondary N) is 1. The predicted octanol–water partition coefficient (Wildman–Crippen LogP) is 3.45. The second-order valence-electron chi connectivity index (χ2n) is 7.37. The largest absolute Gasteiger partial charge is 0.493 e. The molecule has 1 aromatic heterocycles. The summed E-state index contributed by atoms with van der Waals surface area (Å²) in [6, 6.07) is 12.5. The number of nitrogens with zero attached hydrogens (tertiary/aromatic N) is 1. The average molecular weight is 445 g/mol. The van der Waals surface area contributed by atoms with Gasteiger partial charge in [-0.15, -0.1) is 0 Å². The molecule has 33 heavy (non-hydrogen) atoms. The molecule has 168 valence electrons. The van der Waals surface area contributed by atoms with Gasteiger partial charge in [0.15, 0.2) is 11.5 Å². The molecule has 8 heteroatoms. The third kappa shape index (κ3) is 4.23. The van der Waals surface area contributed by atoms with Crippen molar-refractivity contribution < 1.29 is 23.8 Å². The van der Waals surface area contributed by atoms with Crippen molar-refractivity contribution in [2.45, 2.75) is 6.42 Å². The van der Waals surface area contributed by atoms with Gasteiger partial charge in [-0.1, -0.05) is 18.2 Å². The maximum Gasteiger partial charge on any atom is 0.257 e. The van der Waals surface area contributed by atoms with Crippen LogP contribution >= 0.6 is 0 Å². The number of amides is 2. The molecule has 4 rings (SSSR count). The minimum Gasteiger partial charge on any atom is -0.493 e. The molecule has 0 radical (unpaired) electrons. The predicted molar refractivity (Wildman–Crippen MR) is 125 cm³/mol. The molecule has 0 saturated carbocycles. The molecule has 2 heterocycles.